The van der Waals surface area contributed by atoms with E-state index in [9.17, 15) is 4.79 Å². The molecule has 2 aromatic rings. The number of likely N-dealkylation sites (tertiary alicyclic amines) is 1. The molecule has 28 heavy (non-hydrogen) atoms. The minimum absolute atomic E-state index is 0.0180. The highest BCUT2D eigenvalue weighted by Gasteiger charge is 2.53. The van der Waals surface area contributed by atoms with Crippen LogP contribution in [0.2, 0.25) is 0 Å². The average Bonchev–Trinajstić information content (AvgIpc) is 3.22. The highest BCUT2D eigenvalue weighted by atomic mass is 16.5. The van der Waals surface area contributed by atoms with Gasteiger partial charge in [-0.15, -0.1) is 0 Å². The lowest BCUT2D eigenvalue weighted by atomic mass is 9.79. The van der Waals surface area contributed by atoms with Gasteiger partial charge in [0.25, 0.3) is 0 Å². The maximum absolute atomic E-state index is 13.1. The number of fused-ring (bicyclic) bond motifs is 1. The van der Waals surface area contributed by atoms with Gasteiger partial charge in [-0.2, -0.15) is 5.10 Å². The van der Waals surface area contributed by atoms with Gasteiger partial charge in [0.1, 0.15) is 12.6 Å². The standard InChI is InChI=1S/C21H28N4O3/c1-15-12-16(2)25(23-15)14-20(26)24-11-9-21(27-3)8-7-17(13-18(21)24)28-19-6-4-5-10-22-19/h4-6,10,12,17-18H,7-9,11,13-14H2,1-3H3/t17-,18-,21+/m0/s1. The fraction of sp³-hybridized carbons (Fsp3) is 0.571. The molecular formula is C21H28N4O3. The van der Waals surface area contributed by atoms with Crippen LogP contribution in [0.25, 0.3) is 0 Å². The summed E-state index contributed by atoms with van der Waals surface area (Å²) in [6, 6.07) is 7.68. The second-order valence-corrected chi connectivity index (χ2v) is 7.89. The third-order valence-corrected chi connectivity index (χ3v) is 6.18. The highest BCUT2D eigenvalue weighted by Crippen LogP contribution is 2.43. The van der Waals surface area contributed by atoms with Crippen LogP contribution in [0.1, 0.15) is 37.1 Å². The van der Waals surface area contributed by atoms with E-state index in [1.807, 2.05) is 43.0 Å². The van der Waals surface area contributed by atoms with Gasteiger partial charge in [0.15, 0.2) is 0 Å². The van der Waals surface area contributed by atoms with Gasteiger partial charge >= 0.3 is 0 Å². The molecule has 2 aliphatic rings. The lowest BCUT2D eigenvalue weighted by molar-refractivity contribution is -0.140. The van der Waals surface area contributed by atoms with Crippen molar-refractivity contribution >= 4 is 5.91 Å². The Kier molecular flexibility index (Phi) is 5.10. The summed E-state index contributed by atoms with van der Waals surface area (Å²) in [4.78, 5) is 19.4. The van der Waals surface area contributed by atoms with Gasteiger partial charge in [0.05, 0.1) is 17.3 Å². The molecule has 0 N–H and O–H groups in total. The zero-order valence-electron chi connectivity index (χ0n) is 16.8. The first-order valence-electron chi connectivity index (χ1n) is 9.94. The molecule has 3 atom stereocenters. The van der Waals surface area contributed by atoms with Gasteiger partial charge in [0, 0.05) is 38.0 Å². The Morgan fingerprint density at radius 3 is 2.86 bits per heavy atom. The van der Waals surface area contributed by atoms with Gasteiger partial charge in [-0.1, -0.05) is 6.07 Å². The van der Waals surface area contributed by atoms with E-state index in [2.05, 4.69) is 10.1 Å². The molecule has 1 amide bonds. The number of carbonyl (C=O) groups is 1. The maximum atomic E-state index is 13.1. The van der Waals surface area contributed by atoms with Crippen LogP contribution in [0.4, 0.5) is 0 Å². The third kappa shape index (κ3) is 3.51. The van der Waals surface area contributed by atoms with Crippen LogP contribution in [0.15, 0.2) is 30.5 Å². The van der Waals surface area contributed by atoms with Gasteiger partial charge < -0.3 is 14.4 Å². The van der Waals surface area contributed by atoms with E-state index in [4.69, 9.17) is 9.47 Å². The van der Waals surface area contributed by atoms with Gasteiger partial charge in [-0.3, -0.25) is 9.48 Å². The van der Waals surface area contributed by atoms with Crippen molar-refractivity contribution in [3.8, 4) is 5.88 Å². The number of carbonyl (C=O) groups excluding carboxylic acids is 1. The summed E-state index contributed by atoms with van der Waals surface area (Å²) in [6.07, 6.45) is 5.18. The normalized spacial score (nSPS) is 26.9. The smallest absolute Gasteiger partial charge is 0.244 e. The van der Waals surface area contributed by atoms with Gasteiger partial charge in [0.2, 0.25) is 11.8 Å². The molecule has 3 heterocycles. The van der Waals surface area contributed by atoms with Crippen LogP contribution in [0.3, 0.4) is 0 Å². The molecule has 7 nitrogen and oxygen atoms in total. The summed E-state index contributed by atoms with van der Waals surface area (Å²) in [5.41, 5.74) is 1.66. The predicted molar refractivity (Wildman–Crippen MR) is 104 cm³/mol. The van der Waals surface area contributed by atoms with Crippen molar-refractivity contribution in [2.24, 2.45) is 0 Å². The Bertz CT molecular complexity index is 837. The second kappa shape index (κ2) is 7.54. The summed E-state index contributed by atoms with van der Waals surface area (Å²) in [5.74, 6) is 0.726. The maximum Gasteiger partial charge on any atom is 0.244 e. The number of rotatable bonds is 5. The van der Waals surface area contributed by atoms with Crippen LogP contribution in [-0.2, 0) is 16.1 Å². The van der Waals surface area contributed by atoms with Crippen molar-refractivity contribution in [2.75, 3.05) is 13.7 Å². The van der Waals surface area contributed by atoms with E-state index in [0.717, 1.165) is 37.1 Å². The van der Waals surface area contributed by atoms with Crippen LogP contribution >= 0.6 is 0 Å². The number of ether oxygens (including phenoxy) is 2. The molecule has 0 radical (unpaired) electrons. The number of aryl methyl sites for hydroxylation is 2. The molecule has 0 aromatic carbocycles. The zero-order chi connectivity index (χ0) is 19.7. The molecule has 0 bridgehead atoms. The molecule has 4 rings (SSSR count). The van der Waals surface area contributed by atoms with E-state index in [0.29, 0.717) is 12.4 Å². The summed E-state index contributed by atoms with van der Waals surface area (Å²) >= 11 is 0. The lowest BCUT2D eigenvalue weighted by Gasteiger charge is -2.43. The van der Waals surface area contributed by atoms with Crippen molar-refractivity contribution in [1.29, 1.82) is 0 Å². The molecule has 150 valence electrons. The van der Waals surface area contributed by atoms with E-state index in [1.165, 1.54) is 0 Å². The van der Waals surface area contributed by atoms with E-state index >= 15 is 0 Å². The third-order valence-electron chi connectivity index (χ3n) is 6.18. The molecule has 1 aliphatic carbocycles. The minimum Gasteiger partial charge on any atom is -0.474 e. The average molecular weight is 384 g/mol. The monoisotopic (exact) mass is 384 g/mol. The number of hydrogen-bond acceptors (Lipinski definition) is 5. The molecule has 7 heteroatoms. The summed E-state index contributed by atoms with van der Waals surface area (Å²) < 4.78 is 13.9. The zero-order valence-corrected chi connectivity index (χ0v) is 16.8. The SMILES string of the molecule is CO[C@@]12CC[C@H](Oc3ccccn3)C[C@@H]1N(C(=O)Cn1nc(C)cc1C)CC2. The van der Waals surface area contributed by atoms with E-state index in [-0.39, 0.29) is 30.2 Å². The number of nitrogens with zero attached hydrogens (tertiary/aromatic N) is 4. The Morgan fingerprint density at radius 1 is 1.32 bits per heavy atom. The largest absolute Gasteiger partial charge is 0.474 e. The van der Waals surface area contributed by atoms with Crippen LogP contribution in [0, 0.1) is 13.8 Å². The highest BCUT2D eigenvalue weighted by molar-refractivity contribution is 5.77. The first-order valence-corrected chi connectivity index (χ1v) is 9.94. The van der Waals surface area contributed by atoms with E-state index in [1.54, 1.807) is 18.0 Å². The lowest BCUT2D eigenvalue weighted by Crippen LogP contribution is -2.54. The fourth-order valence-electron chi connectivity index (χ4n) is 4.71. The number of amides is 1. The Morgan fingerprint density at radius 2 is 2.18 bits per heavy atom. The first kappa shape index (κ1) is 18.9. The summed E-state index contributed by atoms with van der Waals surface area (Å²) in [7, 11) is 1.77. The summed E-state index contributed by atoms with van der Waals surface area (Å²) in [6.45, 7) is 4.91. The van der Waals surface area contributed by atoms with Crippen molar-refractivity contribution < 1.29 is 14.3 Å². The number of methoxy groups -OCH3 is 1. The number of pyridine rings is 1. The predicted octanol–water partition coefficient (Wildman–Crippen LogP) is 2.51. The van der Waals surface area contributed by atoms with Crippen LogP contribution in [-0.4, -0.2) is 57.0 Å². The molecule has 0 spiro atoms. The topological polar surface area (TPSA) is 69.5 Å². The van der Waals surface area contributed by atoms with E-state index < -0.39 is 0 Å². The van der Waals surface area contributed by atoms with Crippen LogP contribution < -0.4 is 4.74 Å². The fourth-order valence-corrected chi connectivity index (χ4v) is 4.71. The van der Waals surface area contributed by atoms with Gasteiger partial charge in [-0.25, -0.2) is 4.98 Å². The quantitative estimate of drug-likeness (QED) is 0.792. The molecule has 1 saturated carbocycles. The Balaban J connectivity index is 1.49. The van der Waals surface area contributed by atoms with Gasteiger partial charge in [-0.05, 0) is 45.2 Å². The molecule has 0 unspecified atom stereocenters. The molecule has 1 aliphatic heterocycles. The molecule has 1 saturated heterocycles. The van der Waals surface area contributed by atoms with Crippen LogP contribution in [0.5, 0.6) is 5.88 Å². The summed E-state index contributed by atoms with van der Waals surface area (Å²) in [5, 5.41) is 4.44. The van der Waals surface area contributed by atoms with Crippen molar-refractivity contribution in [1.82, 2.24) is 19.7 Å². The van der Waals surface area contributed by atoms with Crippen molar-refractivity contribution in [3.63, 3.8) is 0 Å². The Labute approximate surface area is 165 Å². The first-order chi connectivity index (χ1) is 13.5. The molecule has 2 aromatic heterocycles. The van der Waals surface area contributed by atoms with Crippen molar-refractivity contribution in [3.05, 3.63) is 41.9 Å². The van der Waals surface area contributed by atoms with Crippen molar-refractivity contribution in [2.45, 2.75) is 63.8 Å². The Hall–Kier alpha value is -2.41. The second-order valence-electron chi connectivity index (χ2n) is 7.89. The number of aromatic nitrogens is 3. The number of hydrogen-bond donors (Lipinski definition) is 0. The molecular weight excluding hydrogens is 356 g/mol. The molecule has 2 fully saturated rings. The minimum atomic E-state index is -0.269.